The summed E-state index contributed by atoms with van der Waals surface area (Å²) in [6.45, 7) is 2.91. The molecule has 1 fully saturated rings. The maximum Gasteiger partial charge on any atom is 0.291 e. The molecule has 0 bridgehead atoms. The van der Waals surface area contributed by atoms with E-state index in [4.69, 9.17) is 0 Å². The van der Waals surface area contributed by atoms with E-state index in [0.717, 1.165) is 35.1 Å². The van der Waals surface area contributed by atoms with Gasteiger partial charge < -0.3 is 9.88 Å². The molecule has 2 aromatic heterocycles. The van der Waals surface area contributed by atoms with Crippen molar-refractivity contribution < 1.29 is 9.59 Å². The summed E-state index contributed by atoms with van der Waals surface area (Å²) >= 11 is 2.39. The van der Waals surface area contributed by atoms with Crippen molar-refractivity contribution in [2.75, 3.05) is 0 Å². The average Bonchev–Trinajstić information content (AvgIpc) is 3.26. The molecule has 4 rings (SSSR count). The van der Waals surface area contributed by atoms with Gasteiger partial charge in [0.25, 0.3) is 5.24 Å². The largest absolute Gasteiger partial charge is 0.347 e. The molecule has 1 amide bonds. The highest BCUT2D eigenvalue weighted by molar-refractivity contribution is 8.27. The number of rotatable bonds is 4. The fraction of sp³-hybridized carbons (Fsp3) is 0.167. The predicted molar refractivity (Wildman–Crippen MR) is 102 cm³/mol. The van der Waals surface area contributed by atoms with Crippen molar-refractivity contribution in [3.63, 3.8) is 0 Å². The van der Waals surface area contributed by atoms with E-state index in [9.17, 15) is 9.59 Å². The summed E-state index contributed by atoms with van der Waals surface area (Å²) in [5.41, 5.74) is 5.36. The molecule has 3 aromatic rings. The second-order valence-corrected chi connectivity index (χ2v) is 7.65. The molecule has 0 atom stereocenters. The molecule has 1 aromatic carbocycles. The molecule has 126 valence electrons. The van der Waals surface area contributed by atoms with Gasteiger partial charge in [0.2, 0.25) is 5.12 Å². The molecule has 5 nitrogen and oxygen atoms in total. The summed E-state index contributed by atoms with van der Waals surface area (Å²) in [6.07, 6.45) is 4.75. The van der Waals surface area contributed by atoms with Crippen molar-refractivity contribution in [1.82, 2.24) is 14.9 Å². The Kier molecular flexibility index (Phi) is 4.19. The van der Waals surface area contributed by atoms with Gasteiger partial charge in [-0.05, 0) is 30.7 Å². The Morgan fingerprint density at radius 2 is 2.16 bits per heavy atom. The highest BCUT2D eigenvalue weighted by Gasteiger charge is 2.25. The van der Waals surface area contributed by atoms with E-state index in [2.05, 4.69) is 33.2 Å². The summed E-state index contributed by atoms with van der Waals surface area (Å²) in [5.74, 6) is 0. The number of thiazole rings is 1. The number of hydrogen-bond acceptors (Lipinski definition) is 5. The molecule has 7 heteroatoms. The second kappa shape index (κ2) is 6.50. The van der Waals surface area contributed by atoms with Crippen LogP contribution in [0.4, 0.5) is 4.79 Å². The molecule has 1 saturated heterocycles. The number of amides is 1. The predicted octanol–water partition coefficient (Wildman–Crippen LogP) is 3.97. The number of nitrogens with one attached hydrogen (secondary N) is 1. The highest BCUT2D eigenvalue weighted by Crippen LogP contribution is 2.26. The lowest BCUT2D eigenvalue weighted by Gasteiger charge is -2.06. The fourth-order valence-electron chi connectivity index (χ4n) is 2.93. The first-order valence-electron chi connectivity index (χ1n) is 7.83. The van der Waals surface area contributed by atoms with E-state index in [0.29, 0.717) is 17.5 Å². The Balaban J connectivity index is 1.64. The molecule has 0 saturated carbocycles. The number of nitrogens with zero attached hydrogens (tertiary/aromatic N) is 2. The van der Waals surface area contributed by atoms with Crippen LogP contribution in [0.1, 0.15) is 16.1 Å². The molecular formula is C18H15N3O2S2. The zero-order chi connectivity index (χ0) is 17.4. The molecule has 0 spiro atoms. The van der Waals surface area contributed by atoms with Gasteiger partial charge in [0, 0.05) is 46.7 Å². The molecule has 0 radical (unpaired) electrons. The van der Waals surface area contributed by atoms with E-state index in [1.165, 1.54) is 4.88 Å². The van der Waals surface area contributed by atoms with Crippen molar-refractivity contribution in [2.45, 2.75) is 19.9 Å². The smallest absolute Gasteiger partial charge is 0.291 e. The minimum atomic E-state index is -0.319. The van der Waals surface area contributed by atoms with Crippen LogP contribution in [-0.4, -0.2) is 19.9 Å². The summed E-state index contributed by atoms with van der Waals surface area (Å²) < 4.78 is 2.21. The summed E-state index contributed by atoms with van der Waals surface area (Å²) in [4.78, 5) is 28.7. The minimum absolute atomic E-state index is 0.234. The molecule has 0 aliphatic carbocycles. The lowest BCUT2D eigenvalue weighted by atomic mass is 10.1. The van der Waals surface area contributed by atoms with Crippen molar-refractivity contribution in [3.05, 3.63) is 57.8 Å². The molecule has 0 unspecified atom stereocenters. The van der Waals surface area contributed by atoms with Gasteiger partial charge in [-0.25, -0.2) is 4.98 Å². The molecular weight excluding hydrogens is 354 g/mol. The zero-order valence-corrected chi connectivity index (χ0v) is 15.1. The van der Waals surface area contributed by atoms with E-state index in [1.54, 1.807) is 17.4 Å². The van der Waals surface area contributed by atoms with Crippen molar-refractivity contribution >= 4 is 50.4 Å². The number of thioether (sulfide) groups is 1. The summed E-state index contributed by atoms with van der Waals surface area (Å²) in [6, 6.07) is 8.04. The standard InChI is InChI=1S/C18H15N3O2S2/c1-11-16(24-10-19-11)6-8-21-7-5-13-12(3-2-4-15(13)21)9-14-17(22)25-18(23)20-14/h2-5,7,9-10H,6,8H2,1H3,(H,20,23). The number of hydrogen-bond donors (Lipinski definition) is 1. The third-order valence-electron chi connectivity index (χ3n) is 4.21. The zero-order valence-electron chi connectivity index (χ0n) is 13.5. The van der Waals surface area contributed by atoms with Crippen LogP contribution >= 0.6 is 23.1 Å². The number of aryl methyl sites for hydroxylation is 3. The van der Waals surface area contributed by atoms with Gasteiger partial charge in [0.15, 0.2) is 0 Å². The maximum atomic E-state index is 11.8. The normalized spacial score (nSPS) is 16.1. The Labute approximate surface area is 152 Å². The lowest BCUT2D eigenvalue weighted by molar-refractivity contribution is -0.107. The number of carbonyl (C=O) groups is 2. The Hall–Kier alpha value is -2.38. The molecule has 25 heavy (non-hydrogen) atoms. The van der Waals surface area contributed by atoms with Crippen LogP contribution in [0.15, 0.2) is 41.7 Å². The van der Waals surface area contributed by atoms with Crippen molar-refractivity contribution in [3.8, 4) is 0 Å². The Morgan fingerprint density at radius 3 is 2.88 bits per heavy atom. The van der Waals surface area contributed by atoms with E-state index in [1.807, 2.05) is 24.6 Å². The monoisotopic (exact) mass is 369 g/mol. The number of fused-ring (bicyclic) bond motifs is 1. The van der Waals surface area contributed by atoms with Gasteiger partial charge in [-0.15, -0.1) is 11.3 Å². The van der Waals surface area contributed by atoms with Gasteiger partial charge in [-0.2, -0.15) is 0 Å². The first-order chi connectivity index (χ1) is 12.1. The highest BCUT2D eigenvalue weighted by atomic mass is 32.2. The van der Waals surface area contributed by atoms with Crippen LogP contribution < -0.4 is 5.32 Å². The average molecular weight is 369 g/mol. The second-order valence-electron chi connectivity index (χ2n) is 5.76. The van der Waals surface area contributed by atoms with Crippen molar-refractivity contribution in [2.24, 2.45) is 0 Å². The van der Waals surface area contributed by atoms with Gasteiger partial charge >= 0.3 is 0 Å². The maximum absolute atomic E-state index is 11.8. The van der Waals surface area contributed by atoms with Crippen LogP contribution in [0.5, 0.6) is 0 Å². The number of aromatic nitrogens is 2. The first kappa shape index (κ1) is 16.1. The van der Waals surface area contributed by atoms with Crippen LogP contribution in [0.25, 0.3) is 17.0 Å². The van der Waals surface area contributed by atoms with Crippen LogP contribution in [-0.2, 0) is 17.8 Å². The SMILES string of the molecule is Cc1ncsc1CCn1ccc2c(C=C3NC(=O)SC3=O)cccc21. The number of benzene rings is 1. The Bertz CT molecular complexity index is 1020. The van der Waals surface area contributed by atoms with Crippen molar-refractivity contribution in [1.29, 1.82) is 0 Å². The Morgan fingerprint density at radius 1 is 1.28 bits per heavy atom. The van der Waals surface area contributed by atoms with Crippen LogP contribution in [0, 0.1) is 6.92 Å². The molecule has 1 N–H and O–H groups in total. The van der Waals surface area contributed by atoms with E-state index < -0.39 is 0 Å². The quantitative estimate of drug-likeness (QED) is 0.707. The van der Waals surface area contributed by atoms with E-state index in [-0.39, 0.29) is 10.4 Å². The van der Waals surface area contributed by atoms with Gasteiger partial charge in [-0.3, -0.25) is 9.59 Å². The topological polar surface area (TPSA) is 64.0 Å². The molecule has 1 aliphatic heterocycles. The van der Waals surface area contributed by atoms with E-state index >= 15 is 0 Å². The lowest BCUT2D eigenvalue weighted by Crippen LogP contribution is -2.10. The fourth-order valence-corrected chi connectivity index (χ4v) is 4.25. The molecule has 1 aliphatic rings. The summed E-state index contributed by atoms with van der Waals surface area (Å²) in [5, 5.41) is 3.11. The van der Waals surface area contributed by atoms with Crippen LogP contribution in [0.3, 0.4) is 0 Å². The third-order valence-corrected chi connectivity index (χ3v) is 5.90. The molecule has 3 heterocycles. The van der Waals surface area contributed by atoms with Gasteiger partial charge in [-0.1, -0.05) is 12.1 Å². The van der Waals surface area contributed by atoms with Gasteiger partial charge in [0.1, 0.15) is 0 Å². The first-order valence-corrected chi connectivity index (χ1v) is 9.53. The van der Waals surface area contributed by atoms with Gasteiger partial charge in [0.05, 0.1) is 16.9 Å². The van der Waals surface area contributed by atoms with Crippen LogP contribution in [0.2, 0.25) is 0 Å². The third kappa shape index (κ3) is 3.12. The minimum Gasteiger partial charge on any atom is -0.347 e. The number of carbonyl (C=O) groups excluding carboxylic acids is 2. The summed E-state index contributed by atoms with van der Waals surface area (Å²) in [7, 11) is 0.